The summed E-state index contributed by atoms with van der Waals surface area (Å²) in [5, 5.41) is 0. The van der Waals surface area contributed by atoms with Crippen LogP contribution in [0.3, 0.4) is 0 Å². The van der Waals surface area contributed by atoms with Gasteiger partial charge in [-0.2, -0.15) is 0 Å². The summed E-state index contributed by atoms with van der Waals surface area (Å²) < 4.78 is 0. The van der Waals surface area contributed by atoms with Crippen molar-refractivity contribution in [2.75, 3.05) is 41.3 Å². The van der Waals surface area contributed by atoms with Gasteiger partial charge in [0.15, 0.2) is 0 Å². The van der Waals surface area contributed by atoms with Gasteiger partial charge in [-0.05, 0) is 102 Å². The highest BCUT2D eigenvalue weighted by Crippen LogP contribution is 2.26. The van der Waals surface area contributed by atoms with Gasteiger partial charge >= 0.3 is 0 Å². The van der Waals surface area contributed by atoms with E-state index in [0.29, 0.717) is 0 Å². The topological polar surface area (TPSA) is 32.3 Å². The first-order valence-corrected chi connectivity index (χ1v) is 8.74. The Kier molecular flexibility index (Phi) is 7.35. The van der Waals surface area contributed by atoms with Gasteiger partial charge in [0.1, 0.15) is 0 Å². The lowest BCUT2D eigenvalue weighted by molar-refractivity contribution is 0.396. The molecule has 24 heavy (non-hydrogen) atoms. The number of aromatic nitrogens is 2. The monoisotopic (exact) mass is 326 g/mol. The molecular formula is C20H30N4. The zero-order valence-electron chi connectivity index (χ0n) is 15.5. The molecule has 0 bridgehead atoms. The van der Waals surface area contributed by atoms with Crippen LogP contribution in [-0.4, -0.2) is 61.0 Å². The van der Waals surface area contributed by atoms with Crippen LogP contribution >= 0.6 is 0 Å². The summed E-state index contributed by atoms with van der Waals surface area (Å²) in [5.74, 6) is 0. The fourth-order valence-electron chi connectivity index (χ4n) is 2.97. The van der Waals surface area contributed by atoms with Gasteiger partial charge in [0.25, 0.3) is 0 Å². The van der Waals surface area contributed by atoms with E-state index in [9.17, 15) is 0 Å². The molecule has 0 radical (unpaired) electrons. The van der Waals surface area contributed by atoms with Crippen molar-refractivity contribution < 1.29 is 0 Å². The minimum absolute atomic E-state index is 1.04. The number of pyridine rings is 2. The van der Waals surface area contributed by atoms with Crippen LogP contribution in [0.4, 0.5) is 0 Å². The van der Waals surface area contributed by atoms with Gasteiger partial charge in [-0.1, -0.05) is 0 Å². The Bertz CT molecular complexity index is 608. The molecule has 0 aromatic carbocycles. The van der Waals surface area contributed by atoms with E-state index < -0.39 is 0 Å². The second-order valence-electron chi connectivity index (χ2n) is 6.83. The number of hydrogen-bond donors (Lipinski definition) is 0. The molecule has 0 aliphatic rings. The third-order valence-electron chi connectivity index (χ3n) is 4.19. The molecular weight excluding hydrogens is 296 g/mol. The average Bonchev–Trinajstić information content (AvgIpc) is 2.56. The molecule has 4 nitrogen and oxygen atoms in total. The van der Waals surface area contributed by atoms with E-state index in [1.165, 1.54) is 22.4 Å². The zero-order valence-corrected chi connectivity index (χ0v) is 15.5. The molecule has 4 heteroatoms. The van der Waals surface area contributed by atoms with Gasteiger partial charge in [0, 0.05) is 24.3 Å². The summed E-state index contributed by atoms with van der Waals surface area (Å²) in [5.41, 5.74) is 5.21. The molecule has 0 saturated heterocycles. The third-order valence-corrected chi connectivity index (χ3v) is 4.19. The summed E-state index contributed by atoms with van der Waals surface area (Å²) in [6.45, 7) is 2.19. The van der Waals surface area contributed by atoms with E-state index in [1.807, 2.05) is 18.6 Å². The highest BCUT2D eigenvalue weighted by molar-refractivity contribution is 5.67. The van der Waals surface area contributed by atoms with Crippen molar-refractivity contribution in [3.63, 3.8) is 0 Å². The fraction of sp³-hybridized carbons (Fsp3) is 0.500. The SMILES string of the molecule is CN(C)CCCc1nccc(-c2ccncc2)c1CCCN(C)C. The summed E-state index contributed by atoms with van der Waals surface area (Å²) in [6.07, 6.45) is 10.1. The van der Waals surface area contributed by atoms with Crippen LogP contribution in [0.25, 0.3) is 11.1 Å². The fourth-order valence-corrected chi connectivity index (χ4v) is 2.97. The van der Waals surface area contributed by atoms with Gasteiger partial charge in [-0.15, -0.1) is 0 Å². The van der Waals surface area contributed by atoms with Gasteiger partial charge in [0.2, 0.25) is 0 Å². The number of aryl methyl sites for hydroxylation is 1. The van der Waals surface area contributed by atoms with Crippen molar-refractivity contribution in [2.45, 2.75) is 25.7 Å². The van der Waals surface area contributed by atoms with Crippen LogP contribution in [-0.2, 0) is 12.8 Å². The molecule has 0 fully saturated rings. The van der Waals surface area contributed by atoms with Gasteiger partial charge < -0.3 is 9.80 Å². The number of hydrogen-bond acceptors (Lipinski definition) is 4. The molecule has 2 aromatic heterocycles. The Morgan fingerprint density at radius 1 is 0.792 bits per heavy atom. The third kappa shape index (κ3) is 5.69. The summed E-state index contributed by atoms with van der Waals surface area (Å²) in [7, 11) is 8.51. The van der Waals surface area contributed by atoms with Crippen molar-refractivity contribution in [3.05, 3.63) is 48.0 Å². The highest BCUT2D eigenvalue weighted by Gasteiger charge is 2.12. The summed E-state index contributed by atoms with van der Waals surface area (Å²) >= 11 is 0. The second-order valence-corrected chi connectivity index (χ2v) is 6.83. The lowest BCUT2D eigenvalue weighted by Crippen LogP contribution is -2.15. The van der Waals surface area contributed by atoms with Crippen molar-refractivity contribution in [1.82, 2.24) is 19.8 Å². The molecule has 2 heterocycles. The van der Waals surface area contributed by atoms with Gasteiger partial charge in [-0.25, -0.2) is 0 Å². The van der Waals surface area contributed by atoms with E-state index in [4.69, 9.17) is 4.98 Å². The van der Waals surface area contributed by atoms with Crippen molar-refractivity contribution >= 4 is 0 Å². The van der Waals surface area contributed by atoms with Crippen LogP contribution in [0.5, 0.6) is 0 Å². The second kappa shape index (κ2) is 9.50. The molecule has 0 N–H and O–H groups in total. The molecule has 2 rings (SSSR count). The Morgan fingerprint density at radius 2 is 1.42 bits per heavy atom. The van der Waals surface area contributed by atoms with E-state index in [-0.39, 0.29) is 0 Å². The average molecular weight is 326 g/mol. The standard InChI is InChI=1S/C20H30N4/c1-23(2)15-5-7-19-18(17-9-12-21-13-10-17)11-14-22-20(19)8-6-16-24(3)4/h9-14H,5-8,15-16H2,1-4H3. The van der Waals surface area contributed by atoms with E-state index in [0.717, 1.165) is 38.8 Å². The van der Waals surface area contributed by atoms with Gasteiger partial charge in [0.05, 0.1) is 0 Å². The van der Waals surface area contributed by atoms with Crippen LogP contribution in [0, 0.1) is 0 Å². The predicted octanol–water partition coefficient (Wildman–Crippen LogP) is 3.13. The van der Waals surface area contributed by atoms with E-state index in [1.54, 1.807) is 0 Å². The molecule has 0 saturated carbocycles. The smallest absolute Gasteiger partial charge is 0.0442 e. The molecule has 0 atom stereocenters. The van der Waals surface area contributed by atoms with Crippen molar-refractivity contribution in [1.29, 1.82) is 0 Å². The van der Waals surface area contributed by atoms with E-state index >= 15 is 0 Å². The van der Waals surface area contributed by atoms with Crippen molar-refractivity contribution in [2.24, 2.45) is 0 Å². The first-order valence-electron chi connectivity index (χ1n) is 8.74. The van der Waals surface area contributed by atoms with Crippen molar-refractivity contribution in [3.8, 4) is 11.1 Å². The maximum Gasteiger partial charge on any atom is 0.0442 e. The quantitative estimate of drug-likeness (QED) is 0.709. The zero-order chi connectivity index (χ0) is 17.4. The Morgan fingerprint density at radius 3 is 2.04 bits per heavy atom. The molecule has 2 aromatic rings. The van der Waals surface area contributed by atoms with E-state index in [2.05, 4.69) is 61.2 Å². The van der Waals surface area contributed by atoms with Crippen LogP contribution in [0.2, 0.25) is 0 Å². The minimum atomic E-state index is 1.04. The van der Waals surface area contributed by atoms with Gasteiger partial charge in [-0.3, -0.25) is 9.97 Å². The molecule has 130 valence electrons. The van der Waals surface area contributed by atoms with Crippen LogP contribution in [0.1, 0.15) is 24.1 Å². The lowest BCUT2D eigenvalue weighted by atomic mass is 9.94. The summed E-state index contributed by atoms with van der Waals surface area (Å²) in [6, 6.07) is 6.33. The largest absolute Gasteiger partial charge is 0.309 e. The van der Waals surface area contributed by atoms with Crippen LogP contribution in [0.15, 0.2) is 36.8 Å². The first-order chi connectivity index (χ1) is 11.6. The molecule has 0 spiro atoms. The highest BCUT2D eigenvalue weighted by atomic mass is 15.0. The molecule has 0 aliphatic carbocycles. The maximum absolute atomic E-state index is 4.71. The normalized spacial score (nSPS) is 11.4. The number of nitrogens with zero attached hydrogens (tertiary/aromatic N) is 4. The Hall–Kier alpha value is -1.78. The molecule has 0 unspecified atom stereocenters. The first kappa shape index (κ1) is 18.6. The summed E-state index contributed by atoms with van der Waals surface area (Å²) in [4.78, 5) is 13.3. The Balaban J connectivity index is 2.24. The number of rotatable bonds is 9. The predicted molar refractivity (Wildman–Crippen MR) is 101 cm³/mol. The molecule has 0 aliphatic heterocycles. The van der Waals surface area contributed by atoms with Crippen LogP contribution < -0.4 is 0 Å². The maximum atomic E-state index is 4.71. The Labute approximate surface area is 146 Å². The molecule has 0 amide bonds. The lowest BCUT2D eigenvalue weighted by Gasteiger charge is -2.16. The minimum Gasteiger partial charge on any atom is -0.309 e.